The molecule has 118 valence electrons. The number of aromatic amines is 1. The van der Waals surface area contributed by atoms with Crippen LogP contribution in [-0.4, -0.2) is 53.6 Å². The Labute approximate surface area is 131 Å². The molecule has 2 rings (SSSR count). The summed E-state index contributed by atoms with van der Waals surface area (Å²) in [5.74, 6) is 0.114. The Kier molecular flexibility index (Phi) is 5.33. The molecule has 1 heterocycles. The monoisotopic (exact) mass is 300 g/mol. The van der Waals surface area contributed by atoms with E-state index in [1.54, 1.807) is 11.1 Å². The standard InChI is InChI=1S/C17H24N4O/c1-13-7-5-6-8-15(13)16(20(2)3)17(22)21(4)10-9-14-11-18-19-12-14/h5-8,11-12,16H,9-10H2,1-4H3,(H,18,19). The van der Waals surface area contributed by atoms with Crippen molar-refractivity contribution in [2.75, 3.05) is 27.7 Å². The van der Waals surface area contributed by atoms with Gasteiger partial charge in [-0.05, 0) is 44.1 Å². The van der Waals surface area contributed by atoms with Crippen LogP contribution in [0.25, 0.3) is 0 Å². The summed E-state index contributed by atoms with van der Waals surface area (Å²) in [5, 5.41) is 6.73. The first-order valence-corrected chi connectivity index (χ1v) is 7.45. The number of nitrogens with one attached hydrogen (secondary N) is 1. The van der Waals surface area contributed by atoms with Crippen molar-refractivity contribution in [1.29, 1.82) is 0 Å². The maximum Gasteiger partial charge on any atom is 0.244 e. The molecule has 0 bridgehead atoms. The van der Waals surface area contributed by atoms with E-state index in [0.717, 1.165) is 23.1 Å². The van der Waals surface area contributed by atoms with Gasteiger partial charge in [-0.3, -0.25) is 14.8 Å². The number of amides is 1. The molecule has 1 amide bonds. The van der Waals surface area contributed by atoms with E-state index in [4.69, 9.17) is 0 Å². The number of rotatable bonds is 6. The molecule has 2 aromatic rings. The van der Waals surface area contributed by atoms with Crippen molar-refractivity contribution in [3.8, 4) is 0 Å². The number of benzene rings is 1. The van der Waals surface area contributed by atoms with Crippen LogP contribution in [0.3, 0.4) is 0 Å². The van der Waals surface area contributed by atoms with Crippen molar-refractivity contribution in [2.45, 2.75) is 19.4 Å². The summed E-state index contributed by atoms with van der Waals surface area (Å²) in [4.78, 5) is 16.6. The van der Waals surface area contributed by atoms with Crippen LogP contribution in [0.1, 0.15) is 22.7 Å². The number of carbonyl (C=O) groups excluding carboxylic acids is 1. The summed E-state index contributed by atoms with van der Waals surface area (Å²) in [6.45, 7) is 2.72. The van der Waals surface area contributed by atoms with E-state index >= 15 is 0 Å². The molecule has 1 aromatic carbocycles. The van der Waals surface area contributed by atoms with Crippen LogP contribution >= 0.6 is 0 Å². The molecule has 0 spiro atoms. The Hall–Kier alpha value is -2.14. The molecule has 0 radical (unpaired) electrons. The van der Waals surface area contributed by atoms with Gasteiger partial charge in [0, 0.05) is 19.8 Å². The average Bonchev–Trinajstić information content (AvgIpc) is 3.00. The smallest absolute Gasteiger partial charge is 0.244 e. The Morgan fingerprint density at radius 1 is 1.27 bits per heavy atom. The maximum absolute atomic E-state index is 12.9. The zero-order valence-corrected chi connectivity index (χ0v) is 13.7. The largest absolute Gasteiger partial charge is 0.344 e. The van der Waals surface area contributed by atoms with E-state index < -0.39 is 0 Å². The molecule has 5 heteroatoms. The third-order valence-corrected chi connectivity index (χ3v) is 3.90. The van der Waals surface area contributed by atoms with Gasteiger partial charge in [0.2, 0.25) is 5.91 Å². The van der Waals surface area contributed by atoms with E-state index in [1.807, 2.05) is 63.4 Å². The Morgan fingerprint density at radius 3 is 2.59 bits per heavy atom. The molecule has 1 atom stereocenters. The van der Waals surface area contributed by atoms with Crippen molar-refractivity contribution < 1.29 is 4.79 Å². The van der Waals surface area contributed by atoms with Crippen LogP contribution in [0.15, 0.2) is 36.7 Å². The van der Waals surface area contributed by atoms with Gasteiger partial charge >= 0.3 is 0 Å². The van der Waals surface area contributed by atoms with Crippen molar-refractivity contribution in [2.24, 2.45) is 0 Å². The highest BCUT2D eigenvalue weighted by molar-refractivity contribution is 5.83. The van der Waals surface area contributed by atoms with Gasteiger partial charge in [0.05, 0.1) is 6.20 Å². The molecule has 5 nitrogen and oxygen atoms in total. The van der Waals surface area contributed by atoms with Gasteiger partial charge in [-0.2, -0.15) is 5.10 Å². The molecule has 22 heavy (non-hydrogen) atoms. The van der Waals surface area contributed by atoms with Gasteiger partial charge in [-0.15, -0.1) is 0 Å². The summed E-state index contributed by atoms with van der Waals surface area (Å²) >= 11 is 0. The first-order chi connectivity index (χ1) is 10.5. The van der Waals surface area contributed by atoms with Crippen molar-refractivity contribution >= 4 is 5.91 Å². The molecule has 0 aliphatic rings. The average molecular weight is 300 g/mol. The predicted octanol–water partition coefficient (Wildman–Crippen LogP) is 2.02. The van der Waals surface area contributed by atoms with Gasteiger partial charge in [0.15, 0.2) is 0 Å². The van der Waals surface area contributed by atoms with Crippen LogP contribution in [0.4, 0.5) is 0 Å². The fraction of sp³-hybridized carbons (Fsp3) is 0.412. The number of hydrogen-bond acceptors (Lipinski definition) is 3. The fourth-order valence-electron chi connectivity index (χ4n) is 2.56. The lowest BCUT2D eigenvalue weighted by atomic mass is 9.99. The molecule has 0 saturated carbocycles. The summed E-state index contributed by atoms with van der Waals surface area (Å²) in [7, 11) is 5.75. The molecular formula is C17H24N4O. The van der Waals surface area contributed by atoms with Crippen molar-refractivity contribution in [3.63, 3.8) is 0 Å². The summed E-state index contributed by atoms with van der Waals surface area (Å²) in [6, 6.07) is 7.80. The van der Waals surface area contributed by atoms with Crippen LogP contribution in [0, 0.1) is 6.92 Å². The minimum absolute atomic E-state index is 0.114. The molecule has 0 aliphatic carbocycles. The van der Waals surface area contributed by atoms with Crippen LogP contribution in [0.5, 0.6) is 0 Å². The second-order valence-electron chi connectivity index (χ2n) is 5.84. The third-order valence-electron chi connectivity index (χ3n) is 3.90. The van der Waals surface area contributed by atoms with Crippen LogP contribution in [-0.2, 0) is 11.2 Å². The second kappa shape index (κ2) is 7.22. The van der Waals surface area contributed by atoms with Gasteiger partial charge in [0.25, 0.3) is 0 Å². The molecule has 0 aliphatic heterocycles. The van der Waals surface area contributed by atoms with Gasteiger partial charge < -0.3 is 4.90 Å². The molecular weight excluding hydrogens is 276 g/mol. The van der Waals surface area contributed by atoms with E-state index in [0.29, 0.717) is 6.54 Å². The summed E-state index contributed by atoms with van der Waals surface area (Å²) in [5.41, 5.74) is 3.31. The number of hydrogen-bond donors (Lipinski definition) is 1. The molecule has 1 aromatic heterocycles. The lowest BCUT2D eigenvalue weighted by Crippen LogP contribution is -2.39. The summed E-state index contributed by atoms with van der Waals surface area (Å²) < 4.78 is 0. The first kappa shape index (κ1) is 16.2. The normalized spacial score (nSPS) is 12.4. The highest BCUT2D eigenvalue weighted by Gasteiger charge is 2.26. The van der Waals surface area contributed by atoms with Crippen molar-refractivity contribution in [1.82, 2.24) is 20.0 Å². The number of nitrogens with zero attached hydrogens (tertiary/aromatic N) is 3. The minimum atomic E-state index is -0.254. The Balaban J connectivity index is 2.11. The third kappa shape index (κ3) is 3.74. The number of aromatic nitrogens is 2. The van der Waals surface area contributed by atoms with E-state index in [1.165, 1.54) is 0 Å². The topological polar surface area (TPSA) is 52.2 Å². The number of H-pyrrole nitrogens is 1. The molecule has 0 fully saturated rings. The highest BCUT2D eigenvalue weighted by Crippen LogP contribution is 2.23. The van der Waals surface area contributed by atoms with Crippen molar-refractivity contribution in [3.05, 3.63) is 53.3 Å². The quantitative estimate of drug-likeness (QED) is 0.888. The van der Waals surface area contributed by atoms with Gasteiger partial charge in [0.1, 0.15) is 6.04 Å². The zero-order valence-electron chi connectivity index (χ0n) is 13.7. The first-order valence-electron chi connectivity index (χ1n) is 7.45. The lowest BCUT2D eigenvalue weighted by molar-refractivity contribution is -0.135. The number of likely N-dealkylation sites (N-methyl/N-ethyl adjacent to an activating group) is 2. The molecule has 0 saturated heterocycles. The van der Waals surface area contributed by atoms with E-state index in [9.17, 15) is 4.79 Å². The highest BCUT2D eigenvalue weighted by atomic mass is 16.2. The second-order valence-corrected chi connectivity index (χ2v) is 5.84. The van der Waals surface area contributed by atoms with Crippen LogP contribution < -0.4 is 0 Å². The maximum atomic E-state index is 12.9. The van der Waals surface area contributed by atoms with E-state index in [-0.39, 0.29) is 11.9 Å². The van der Waals surface area contributed by atoms with Gasteiger partial charge in [-0.1, -0.05) is 24.3 Å². The number of carbonyl (C=O) groups is 1. The SMILES string of the molecule is Cc1ccccc1C(C(=O)N(C)CCc1cn[nH]c1)N(C)C. The Morgan fingerprint density at radius 2 is 2.00 bits per heavy atom. The Bertz CT molecular complexity index is 607. The van der Waals surface area contributed by atoms with E-state index in [2.05, 4.69) is 10.2 Å². The number of aryl methyl sites for hydroxylation is 1. The minimum Gasteiger partial charge on any atom is -0.344 e. The molecule has 1 N–H and O–H groups in total. The fourth-order valence-corrected chi connectivity index (χ4v) is 2.56. The predicted molar refractivity (Wildman–Crippen MR) is 87.5 cm³/mol. The lowest BCUT2D eigenvalue weighted by Gasteiger charge is -2.29. The summed E-state index contributed by atoms with van der Waals surface area (Å²) in [6.07, 6.45) is 4.46. The van der Waals surface area contributed by atoms with Crippen LogP contribution in [0.2, 0.25) is 0 Å². The van der Waals surface area contributed by atoms with Gasteiger partial charge in [-0.25, -0.2) is 0 Å². The zero-order chi connectivity index (χ0) is 16.1. The molecule has 1 unspecified atom stereocenters.